The Kier molecular flexibility index (Phi) is 1.86. The smallest absolute Gasteiger partial charge is 0.0909 e. The van der Waals surface area contributed by atoms with Crippen molar-refractivity contribution in [3.63, 3.8) is 0 Å². The molecule has 1 saturated heterocycles. The molecular weight excluding hydrogens is 100 g/mol. The summed E-state index contributed by atoms with van der Waals surface area (Å²) in [6, 6.07) is 1.41. The van der Waals surface area contributed by atoms with Gasteiger partial charge >= 0.3 is 0 Å². The van der Waals surface area contributed by atoms with E-state index in [1.807, 2.05) is 0 Å². The Labute approximate surface area is 50.7 Å². The first-order valence-electron chi connectivity index (χ1n) is 3.37. The highest BCUT2D eigenvalue weighted by atomic mass is 15.1. The van der Waals surface area contributed by atoms with E-state index in [0.717, 1.165) is 0 Å². The highest BCUT2D eigenvalue weighted by molar-refractivity contribution is 4.67. The van der Waals surface area contributed by atoms with E-state index in [4.69, 9.17) is 0 Å². The average molecular weight is 115 g/mol. The minimum Gasteiger partial charge on any atom is -0.344 e. The molecule has 0 spiro atoms. The van der Waals surface area contributed by atoms with Crippen LogP contribution in [0.25, 0.3) is 0 Å². The molecule has 3 N–H and O–H groups in total. The molecule has 0 saturated carbocycles. The molecule has 1 heterocycles. The standard InChI is InChI=1S/C6H14N2/c1-5-3-7-4-6(2)8-5/h5-8H,3-4H2,1-2H3/p+1. The third-order valence-electron chi connectivity index (χ3n) is 1.61. The largest absolute Gasteiger partial charge is 0.344 e. The number of hydrogen-bond acceptors (Lipinski definition) is 1. The van der Waals surface area contributed by atoms with Crippen molar-refractivity contribution in [2.75, 3.05) is 13.1 Å². The third-order valence-corrected chi connectivity index (χ3v) is 1.61. The number of quaternary nitrogens is 1. The highest BCUT2D eigenvalue weighted by Crippen LogP contribution is 1.84. The summed E-state index contributed by atoms with van der Waals surface area (Å²) in [4.78, 5) is 0. The minimum absolute atomic E-state index is 0.707. The van der Waals surface area contributed by atoms with E-state index < -0.39 is 0 Å². The Morgan fingerprint density at radius 3 is 2.00 bits per heavy atom. The normalized spacial score (nSPS) is 39.8. The number of piperazine rings is 1. The van der Waals surface area contributed by atoms with Gasteiger partial charge in [0.1, 0.15) is 0 Å². The summed E-state index contributed by atoms with van der Waals surface area (Å²) in [5.41, 5.74) is 0. The summed E-state index contributed by atoms with van der Waals surface area (Å²) < 4.78 is 0. The Bertz CT molecular complexity index is 64.9. The molecule has 1 fully saturated rings. The predicted molar refractivity (Wildman–Crippen MR) is 33.7 cm³/mol. The SMILES string of the molecule is CC1C[NH2+]CC(C)N1. The van der Waals surface area contributed by atoms with Gasteiger partial charge in [0.15, 0.2) is 0 Å². The van der Waals surface area contributed by atoms with Crippen molar-refractivity contribution in [2.45, 2.75) is 25.9 Å². The van der Waals surface area contributed by atoms with Crippen LogP contribution in [0, 0.1) is 0 Å². The van der Waals surface area contributed by atoms with E-state index in [-0.39, 0.29) is 0 Å². The van der Waals surface area contributed by atoms with Crippen molar-refractivity contribution in [2.24, 2.45) is 0 Å². The molecule has 2 heteroatoms. The zero-order chi connectivity index (χ0) is 5.98. The van der Waals surface area contributed by atoms with Crippen molar-refractivity contribution >= 4 is 0 Å². The molecule has 0 aromatic heterocycles. The molecular formula is C6H15N2+. The van der Waals surface area contributed by atoms with Gasteiger partial charge in [-0.2, -0.15) is 0 Å². The van der Waals surface area contributed by atoms with Crippen LogP contribution in [-0.4, -0.2) is 25.2 Å². The van der Waals surface area contributed by atoms with Crippen LogP contribution in [0.5, 0.6) is 0 Å². The highest BCUT2D eigenvalue weighted by Gasteiger charge is 2.14. The Hall–Kier alpha value is -0.0800. The lowest BCUT2D eigenvalue weighted by Gasteiger charge is -2.23. The first-order valence-corrected chi connectivity index (χ1v) is 3.37. The summed E-state index contributed by atoms with van der Waals surface area (Å²) in [7, 11) is 0. The van der Waals surface area contributed by atoms with Gasteiger partial charge in [-0.15, -0.1) is 0 Å². The molecule has 1 rings (SSSR count). The molecule has 48 valence electrons. The zero-order valence-electron chi connectivity index (χ0n) is 5.65. The first-order chi connectivity index (χ1) is 3.79. The molecule has 1 aliphatic rings. The van der Waals surface area contributed by atoms with Crippen molar-refractivity contribution in [1.82, 2.24) is 5.32 Å². The first kappa shape index (κ1) is 6.05. The molecule has 0 aromatic carbocycles. The Morgan fingerprint density at radius 1 is 1.25 bits per heavy atom. The molecule has 2 nitrogen and oxygen atoms in total. The second kappa shape index (κ2) is 2.46. The van der Waals surface area contributed by atoms with Crippen LogP contribution >= 0.6 is 0 Å². The maximum Gasteiger partial charge on any atom is 0.0909 e. The molecule has 2 atom stereocenters. The second-order valence-corrected chi connectivity index (χ2v) is 2.73. The van der Waals surface area contributed by atoms with Crippen LogP contribution in [-0.2, 0) is 0 Å². The van der Waals surface area contributed by atoms with E-state index in [2.05, 4.69) is 24.5 Å². The van der Waals surface area contributed by atoms with Crippen LogP contribution in [0.1, 0.15) is 13.8 Å². The summed E-state index contributed by atoms with van der Waals surface area (Å²) in [6.45, 7) is 6.94. The fourth-order valence-electron chi connectivity index (χ4n) is 1.22. The van der Waals surface area contributed by atoms with Crippen molar-refractivity contribution in [3.8, 4) is 0 Å². The van der Waals surface area contributed by atoms with E-state index in [0.29, 0.717) is 12.1 Å². The fraction of sp³-hybridized carbons (Fsp3) is 1.00. The molecule has 1 aliphatic heterocycles. The maximum absolute atomic E-state index is 3.45. The molecule has 0 aromatic rings. The van der Waals surface area contributed by atoms with Gasteiger partial charge in [0.2, 0.25) is 0 Å². The average Bonchev–Trinajstić information content (AvgIpc) is 1.64. The van der Waals surface area contributed by atoms with Gasteiger partial charge in [0.05, 0.1) is 25.2 Å². The van der Waals surface area contributed by atoms with E-state index in [1.165, 1.54) is 13.1 Å². The van der Waals surface area contributed by atoms with Crippen LogP contribution in [0.3, 0.4) is 0 Å². The predicted octanol–water partition coefficient (Wildman–Crippen LogP) is -1.07. The van der Waals surface area contributed by atoms with E-state index in [1.54, 1.807) is 0 Å². The van der Waals surface area contributed by atoms with Crippen LogP contribution in [0.4, 0.5) is 0 Å². The van der Waals surface area contributed by atoms with Gasteiger partial charge in [-0.3, -0.25) is 0 Å². The van der Waals surface area contributed by atoms with Gasteiger partial charge < -0.3 is 10.6 Å². The van der Waals surface area contributed by atoms with E-state index >= 15 is 0 Å². The quantitative estimate of drug-likeness (QED) is 0.413. The molecule has 0 aliphatic carbocycles. The Balaban J connectivity index is 2.23. The number of nitrogens with two attached hydrogens (primary N) is 1. The number of hydrogen-bond donors (Lipinski definition) is 2. The lowest BCUT2D eigenvalue weighted by atomic mass is 10.2. The minimum atomic E-state index is 0.707. The fourth-order valence-corrected chi connectivity index (χ4v) is 1.22. The Morgan fingerprint density at radius 2 is 1.75 bits per heavy atom. The lowest BCUT2D eigenvalue weighted by Crippen LogP contribution is -2.92. The number of nitrogens with one attached hydrogen (secondary N) is 1. The van der Waals surface area contributed by atoms with Crippen molar-refractivity contribution in [1.29, 1.82) is 0 Å². The lowest BCUT2D eigenvalue weighted by molar-refractivity contribution is -0.666. The summed E-state index contributed by atoms with van der Waals surface area (Å²) in [6.07, 6.45) is 0. The van der Waals surface area contributed by atoms with Gasteiger partial charge in [-0.25, -0.2) is 0 Å². The molecule has 2 unspecified atom stereocenters. The monoisotopic (exact) mass is 115 g/mol. The topological polar surface area (TPSA) is 28.6 Å². The third kappa shape index (κ3) is 1.46. The van der Waals surface area contributed by atoms with Gasteiger partial charge in [0, 0.05) is 0 Å². The van der Waals surface area contributed by atoms with Gasteiger partial charge in [-0.1, -0.05) is 0 Å². The van der Waals surface area contributed by atoms with Crippen molar-refractivity contribution in [3.05, 3.63) is 0 Å². The summed E-state index contributed by atoms with van der Waals surface area (Å²) in [5, 5.41) is 5.81. The van der Waals surface area contributed by atoms with Crippen molar-refractivity contribution < 1.29 is 5.32 Å². The number of rotatable bonds is 0. The summed E-state index contributed by atoms with van der Waals surface area (Å²) in [5.74, 6) is 0. The van der Waals surface area contributed by atoms with Crippen LogP contribution < -0.4 is 10.6 Å². The maximum atomic E-state index is 3.45. The molecule has 0 radical (unpaired) electrons. The zero-order valence-corrected chi connectivity index (χ0v) is 5.65. The van der Waals surface area contributed by atoms with Crippen LogP contribution in [0.15, 0.2) is 0 Å². The molecule has 8 heavy (non-hydrogen) atoms. The van der Waals surface area contributed by atoms with Gasteiger partial charge in [0.25, 0.3) is 0 Å². The molecule has 0 bridgehead atoms. The summed E-state index contributed by atoms with van der Waals surface area (Å²) >= 11 is 0. The second-order valence-electron chi connectivity index (χ2n) is 2.73. The van der Waals surface area contributed by atoms with E-state index in [9.17, 15) is 0 Å². The molecule has 0 amide bonds. The van der Waals surface area contributed by atoms with Crippen LogP contribution in [0.2, 0.25) is 0 Å². The van der Waals surface area contributed by atoms with Gasteiger partial charge in [-0.05, 0) is 13.8 Å².